The number of fused-ring (bicyclic) bond motifs is 1. The fourth-order valence-electron chi connectivity index (χ4n) is 3.80. The molecule has 2 aromatic heterocycles. The molecule has 0 bridgehead atoms. The topological polar surface area (TPSA) is 50.1 Å². The van der Waals surface area contributed by atoms with Gasteiger partial charge in [-0.05, 0) is 38.4 Å². The van der Waals surface area contributed by atoms with E-state index in [9.17, 15) is 0 Å². The Bertz CT molecular complexity index is 752. The molecular weight excluding hydrogens is 324 g/mol. The summed E-state index contributed by atoms with van der Waals surface area (Å²) in [5.74, 6) is 2.20. The summed E-state index contributed by atoms with van der Waals surface area (Å²) in [6.45, 7) is 10.6. The Labute approximate surface area is 156 Å². The number of anilines is 1. The minimum absolute atomic E-state index is 0.0482. The van der Waals surface area contributed by atoms with E-state index in [1.807, 2.05) is 0 Å². The molecule has 0 saturated carbocycles. The summed E-state index contributed by atoms with van der Waals surface area (Å²) >= 11 is 0. The number of aromatic nitrogens is 4. The number of likely N-dealkylation sites (N-methyl/N-ethyl adjacent to an activating group) is 1. The van der Waals surface area contributed by atoms with E-state index in [0.29, 0.717) is 6.04 Å². The monoisotopic (exact) mass is 354 g/mol. The molecule has 2 aromatic rings. The first-order valence-corrected chi connectivity index (χ1v) is 9.74. The van der Waals surface area contributed by atoms with Crippen molar-refractivity contribution < 1.29 is 0 Å². The van der Waals surface area contributed by atoms with Crippen molar-refractivity contribution in [2.24, 2.45) is 0 Å². The van der Waals surface area contributed by atoms with Crippen molar-refractivity contribution in [3.05, 3.63) is 35.5 Å². The third-order valence-corrected chi connectivity index (χ3v) is 5.70. The van der Waals surface area contributed by atoms with Crippen LogP contribution in [-0.4, -0.2) is 50.8 Å². The Hall–Kier alpha value is -1.95. The standard InChI is InChI=1S/C20H30N6/c1-20(2,3)17-8-9-18(23-22-17)25-12-16(13-25)24(4)14-19-21-11-15-7-5-6-10-26(15)19/h8-9,11,16H,5-7,10,12-14H2,1-4H3. The van der Waals surface area contributed by atoms with Crippen molar-refractivity contribution in [2.45, 2.75) is 64.6 Å². The van der Waals surface area contributed by atoms with Gasteiger partial charge in [0.2, 0.25) is 0 Å². The second-order valence-electron chi connectivity index (χ2n) is 8.78. The molecule has 0 unspecified atom stereocenters. The van der Waals surface area contributed by atoms with Gasteiger partial charge in [-0.3, -0.25) is 4.90 Å². The lowest BCUT2D eigenvalue weighted by Gasteiger charge is -2.44. The quantitative estimate of drug-likeness (QED) is 0.845. The lowest BCUT2D eigenvalue weighted by atomic mass is 9.92. The van der Waals surface area contributed by atoms with E-state index in [0.717, 1.165) is 37.7 Å². The SMILES string of the molecule is CN(Cc1ncc2n1CCCC2)C1CN(c2ccc(C(C)(C)C)nn2)C1. The van der Waals surface area contributed by atoms with E-state index in [-0.39, 0.29) is 5.41 Å². The minimum Gasteiger partial charge on any atom is -0.352 e. The van der Waals surface area contributed by atoms with E-state index >= 15 is 0 Å². The summed E-state index contributed by atoms with van der Waals surface area (Å²) in [7, 11) is 2.21. The van der Waals surface area contributed by atoms with Crippen LogP contribution >= 0.6 is 0 Å². The highest BCUT2D eigenvalue weighted by molar-refractivity contribution is 5.42. The van der Waals surface area contributed by atoms with Gasteiger partial charge in [0.1, 0.15) is 5.82 Å². The zero-order valence-electron chi connectivity index (χ0n) is 16.4. The van der Waals surface area contributed by atoms with E-state index in [2.05, 4.69) is 75.7 Å². The highest BCUT2D eigenvalue weighted by atomic mass is 15.4. The summed E-state index contributed by atoms with van der Waals surface area (Å²) in [4.78, 5) is 9.41. The summed E-state index contributed by atoms with van der Waals surface area (Å²) in [5.41, 5.74) is 2.50. The number of aryl methyl sites for hydroxylation is 1. The van der Waals surface area contributed by atoms with Crippen LogP contribution in [0, 0.1) is 0 Å². The van der Waals surface area contributed by atoms with Crippen LogP contribution in [0.2, 0.25) is 0 Å². The summed E-state index contributed by atoms with van der Waals surface area (Å²) in [6, 6.07) is 4.76. The highest BCUT2D eigenvalue weighted by Gasteiger charge is 2.32. The van der Waals surface area contributed by atoms with Gasteiger partial charge >= 0.3 is 0 Å². The Morgan fingerprint density at radius 3 is 2.65 bits per heavy atom. The van der Waals surface area contributed by atoms with E-state index in [1.165, 1.54) is 30.8 Å². The molecule has 2 aliphatic heterocycles. The molecule has 4 rings (SSSR count). The van der Waals surface area contributed by atoms with E-state index in [4.69, 9.17) is 0 Å². The summed E-state index contributed by atoms with van der Waals surface area (Å²) in [5, 5.41) is 8.85. The third kappa shape index (κ3) is 3.34. The third-order valence-electron chi connectivity index (χ3n) is 5.70. The van der Waals surface area contributed by atoms with Crippen molar-refractivity contribution >= 4 is 5.82 Å². The maximum absolute atomic E-state index is 4.67. The number of hydrogen-bond donors (Lipinski definition) is 0. The normalized spacial score (nSPS) is 18.1. The molecule has 2 aliphatic rings. The Morgan fingerprint density at radius 2 is 1.96 bits per heavy atom. The van der Waals surface area contributed by atoms with E-state index < -0.39 is 0 Å². The van der Waals surface area contributed by atoms with Crippen LogP contribution in [0.3, 0.4) is 0 Å². The van der Waals surface area contributed by atoms with Crippen LogP contribution in [-0.2, 0) is 24.9 Å². The second kappa shape index (κ2) is 6.65. The summed E-state index contributed by atoms with van der Waals surface area (Å²) < 4.78 is 2.42. The van der Waals surface area contributed by atoms with Crippen LogP contribution in [0.4, 0.5) is 5.82 Å². The number of hydrogen-bond acceptors (Lipinski definition) is 5. The molecule has 0 atom stereocenters. The maximum atomic E-state index is 4.67. The molecule has 0 radical (unpaired) electrons. The van der Waals surface area contributed by atoms with Gasteiger partial charge in [0, 0.05) is 43.0 Å². The van der Waals surface area contributed by atoms with Gasteiger partial charge in [0.05, 0.1) is 12.2 Å². The van der Waals surface area contributed by atoms with Crippen molar-refractivity contribution in [2.75, 3.05) is 25.0 Å². The molecule has 6 heteroatoms. The molecule has 0 amide bonds. The van der Waals surface area contributed by atoms with Crippen molar-refractivity contribution in [1.29, 1.82) is 0 Å². The molecule has 0 spiro atoms. The molecule has 4 heterocycles. The van der Waals surface area contributed by atoms with Gasteiger partial charge in [-0.15, -0.1) is 5.10 Å². The van der Waals surface area contributed by atoms with E-state index in [1.54, 1.807) is 0 Å². The largest absolute Gasteiger partial charge is 0.352 e. The maximum Gasteiger partial charge on any atom is 0.151 e. The minimum atomic E-state index is 0.0482. The Kier molecular flexibility index (Phi) is 4.47. The highest BCUT2D eigenvalue weighted by Crippen LogP contribution is 2.25. The van der Waals surface area contributed by atoms with Crippen molar-refractivity contribution in [3.63, 3.8) is 0 Å². The fraction of sp³-hybridized carbons (Fsp3) is 0.650. The fourth-order valence-corrected chi connectivity index (χ4v) is 3.80. The van der Waals surface area contributed by atoms with Crippen molar-refractivity contribution in [3.8, 4) is 0 Å². The molecule has 140 valence electrons. The van der Waals surface area contributed by atoms with Gasteiger partial charge in [-0.1, -0.05) is 20.8 Å². The Morgan fingerprint density at radius 1 is 1.15 bits per heavy atom. The van der Waals surface area contributed by atoms with Crippen LogP contribution in [0.25, 0.3) is 0 Å². The molecule has 6 nitrogen and oxygen atoms in total. The average Bonchev–Trinajstić information content (AvgIpc) is 2.96. The molecule has 0 aliphatic carbocycles. The zero-order chi connectivity index (χ0) is 18.3. The van der Waals surface area contributed by atoms with Crippen LogP contribution in [0.15, 0.2) is 18.3 Å². The van der Waals surface area contributed by atoms with Gasteiger partial charge in [0.25, 0.3) is 0 Å². The van der Waals surface area contributed by atoms with Crippen LogP contribution < -0.4 is 4.90 Å². The van der Waals surface area contributed by atoms with Gasteiger partial charge in [-0.25, -0.2) is 4.98 Å². The predicted octanol–water partition coefficient (Wildman–Crippen LogP) is 2.63. The molecule has 0 N–H and O–H groups in total. The van der Waals surface area contributed by atoms with Gasteiger partial charge < -0.3 is 9.47 Å². The molecule has 26 heavy (non-hydrogen) atoms. The second-order valence-corrected chi connectivity index (χ2v) is 8.78. The predicted molar refractivity (Wildman–Crippen MR) is 103 cm³/mol. The Balaban J connectivity index is 1.33. The summed E-state index contributed by atoms with van der Waals surface area (Å²) in [6.07, 6.45) is 5.83. The smallest absolute Gasteiger partial charge is 0.151 e. The zero-order valence-corrected chi connectivity index (χ0v) is 16.4. The lowest BCUT2D eigenvalue weighted by molar-refractivity contribution is 0.189. The van der Waals surface area contributed by atoms with Gasteiger partial charge in [0.15, 0.2) is 5.82 Å². The molecule has 1 saturated heterocycles. The molecule has 1 fully saturated rings. The lowest BCUT2D eigenvalue weighted by Crippen LogP contribution is -2.58. The first-order chi connectivity index (χ1) is 12.4. The average molecular weight is 355 g/mol. The number of rotatable bonds is 4. The molecular formula is C20H30N6. The first kappa shape index (κ1) is 17.5. The van der Waals surface area contributed by atoms with Crippen LogP contribution in [0.1, 0.15) is 50.8 Å². The number of nitrogens with zero attached hydrogens (tertiary/aromatic N) is 6. The first-order valence-electron chi connectivity index (χ1n) is 9.74. The number of imidazole rings is 1. The van der Waals surface area contributed by atoms with Gasteiger partial charge in [-0.2, -0.15) is 5.10 Å². The van der Waals surface area contributed by atoms with Crippen LogP contribution in [0.5, 0.6) is 0 Å². The molecule has 0 aromatic carbocycles. The van der Waals surface area contributed by atoms with Crippen molar-refractivity contribution in [1.82, 2.24) is 24.6 Å².